The minimum atomic E-state index is -0.809. The molecular weight excluding hydrogens is 274 g/mol. The summed E-state index contributed by atoms with van der Waals surface area (Å²) in [7, 11) is 0. The average Bonchev–Trinajstić information content (AvgIpc) is 2.43. The van der Waals surface area contributed by atoms with Crippen molar-refractivity contribution >= 4 is 17.8 Å². The first kappa shape index (κ1) is 16.7. The van der Waals surface area contributed by atoms with Crippen molar-refractivity contribution in [3.63, 3.8) is 0 Å². The van der Waals surface area contributed by atoms with Gasteiger partial charge in [0.25, 0.3) is 0 Å². The van der Waals surface area contributed by atoms with Gasteiger partial charge in [-0.3, -0.25) is 9.59 Å². The van der Waals surface area contributed by atoms with Crippen molar-refractivity contribution in [1.29, 1.82) is 0 Å². The molecule has 0 unspecified atom stereocenters. The highest BCUT2D eigenvalue weighted by molar-refractivity contribution is 5.94. The largest absolute Gasteiger partial charge is 0.481 e. The molecule has 0 bridgehead atoms. The Labute approximate surface area is 123 Å². The summed E-state index contributed by atoms with van der Waals surface area (Å²) in [6.45, 7) is 1.90. The molecule has 1 aromatic carbocycles. The Hall–Kier alpha value is -2.37. The lowest BCUT2D eigenvalue weighted by molar-refractivity contribution is -0.137. The number of hydrogen-bond acceptors (Lipinski definition) is 4. The lowest BCUT2D eigenvalue weighted by Gasteiger charge is -2.06. The molecule has 0 aliphatic rings. The Bertz CT molecular complexity index is 495. The highest BCUT2D eigenvalue weighted by Crippen LogP contribution is 2.12. The van der Waals surface area contributed by atoms with E-state index in [9.17, 15) is 14.4 Å². The zero-order chi connectivity index (χ0) is 15.7. The summed E-state index contributed by atoms with van der Waals surface area (Å²) in [5.41, 5.74) is 0.557. The van der Waals surface area contributed by atoms with Crippen molar-refractivity contribution in [3.05, 3.63) is 29.8 Å². The van der Waals surface area contributed by atoms with Gasteiger partial charge in [-0.1, -0.05) is 6.42 Å². The minimum absolute atomic E-state index is 0.0487. The number of ketones is 1. The number of rotatable bonds is 8. The Morgan fingerprint density at radius 2 is 1.76 bits per heavy atom. The van der Waals surface area contributed by atoms with Crippen LogP contribution in [0.2, 0.25) is 0 Å². The molecule has 0 saturated carbocycles. The number of ether oxygens (including phenoxy) is 1. The number of unbranched alkanes of at least 4 members (excludes halogenated alkanes) is 2. The summed E-state index contributed by atoms with van der Waals surface area (Å²) in [4.78, 5) is 32.9. The number of aliphatic carboxylic acids is 1. The summed E-state index contributed by atoms with van der Waals surface area (Å²) in [6, 6.07) is 6.31. The number of benzene rings is 1. The van der Waals surface area contributed by atoms with Gasteiger partial charge in [-0.05, 0) is 44.0 Å². The van der Waals surface area contributed by atoms with Gasteiger partial charge in [0.1, 0.15) is 5.75 Å². The Morgan fingerprint density at radius 3 is 2.33 bits per heavy atom. The number of Topliss-reactive ketones (excluding diaryl/α,β-unsaturated/α-hetero) is 1. The summed E-state index contributed by atoms with van der Waals surface area (Å²) < 4.78 is 5.04. The first-order valence-electron chi connectivity index (χ1n) is 6.77. The van der Waals surface area contributed by atoms with Gasteiger partial charge in [0.15, 0.2) is 5.78 Å². The van der Waals surface area contributed by atoms with E-state index in [-0.39, 0.29) is 12.2 Å². The predicted octanol–water partition coefficient (Wildman–Crippen LogP) is 2.62. The highest BCUT2D eigenvalue weighted by Gasteiger charge is 2.05. The summed E-state index contributed by atoms with van der Waals surface area (Å²) >= 11 is 0. The topological polar surface area (TPSA) is 92.7 Å². The quantitative estimate of drug-likeness (QED) is 0.567. The molecule has 0 fully saturated rings. The third-order valence-corrected chi connectivity index (χ3v) is 2.81. The minimum Gasteiger partial charge on any atom is -0.481 e. The van der Waals surface area contributed by atoms with Gasteiger partial charge >= 0.3 is 12.1 Å². The van der Waals surface area contributed by atoms with Gasteiger partial charge in [-0.25, -0.2) is 4.79 Å². The van der Waals surface area contributed by atoms with E-state index in [1.54, 1.807) is 24.3 Å². The molecule has 1 aromatic rings. The van der Waals surface area contributed by atoms with E-state index >= 15 is 0 Å². The molecule has 0 aliphatic carbocycles. The van der Waals surface area contributed by atoms with Crippen LogP contribution in [0, 0.1) is 0 Å². The van der Waals surface area contributed by atoms with Crippen LogP contribution in [0.15, 0.2) is 24.3 Å². The van der Waals surface area contributed by atoms with Crippen LogP contribution < -0.4 is 10.1 Å². The normalized spacial score (nSPS) is 9.95. The molecule has 0 aliphatic heterocycles. The number of hydrogen-bond donors (Lipinski definition) is 2. The van der Waals surface area contributed by atoms with Crippen molar-refractivity contribution < 1.29 is 24.2 Å². The standard InChI is InChI=1S/C15H19NO5/c1-11(17)12-6-8-13(9-7-12)21-15(20)16-10-4-2-3-5-14(18)19/h6-9H,2-5,10H2,1H3,(H,16,20)(H,18,19). The molecule has 1 rings (SSSR count). The predicted molar refractivity (Wildman–Crippen MR) is 76.6 cm³/mol. The molecule has 0 spiro atoms. The van der Waals surface area contributed by atoms with E-state index in [0.717, 1.165) is 6.42 Å². The molecule has 114 valence electrons. The lowest BCUT2D eigenvalue weighted by atomic mass is 10.1. The van der Waals surface area contributed by atoms with E-state index < -0.39 is 12.1 Å². The average molecular weight is 293 g/mol. The van der Waals surface area contributed by atoms with Gasteiger partial charge in [-0.15, -0.1) is 0 Å². The zero-order valence-electron chi connectivity index (χ0n) is 11.9. The van der Waals surface area contributed by atoms with Crippen LogP contribution in [0.5, 0.6) is 5.75 Å². The van der Waals surface area contributed by atoms with Gasteiger partial charge in [0.05, 0.1) is 0 Å². The fourth-order valence-corrected chi connectivity index (χ4v) is 1.67. The number of carboxylic acids is 1. The fraction of sp³-hybridized carbons (Fsp3) is 0.400. The molecule has 0 aromatic heterocycles. The second-order valence-corrected chi connectivity index (χ2v) is 4.60. The molecule has 0 saturated heterocycles. The van der Waals surface area contributed by atoms with Crippen LogP contribution in [-0.2, 0) is 4.79 Å². The van der Waals surface area contributed by atoms with Crippen LogP contribution in [0.1, 0.15) is 43.0 Å². The summed E-state index contributed by atoms with van der Waals surface area (Å²) in [5.74, 6) is -0.493. The Kier molecular flexibility index (Phi) is 6.94. The first-order valence-corrected chi connectivity index (χ1v) is 6.77. The molecular formula is C15H19NO5. The van der Waals surface area contributed by atoms with Crippen molar-refractivity contribution in [1.82, 2.24) is 5.32 Å². The van der Waals surface area contributed by atoms with E-state index in [0.29, 0.717) is 30.7 Å². The molecule has 0 atom stereocenters. The molecule has 6 heteroatoms. The number of carbonyl (C=O) groups excluding carboxylic acids is 2. The Balaban J connectivity index is 2.21. The third-order valence-electron chi connectivity index (χ3n) is 2.81. The summed E-state index contributed by atoms with van der Waals surface area (Å²) in [5, 5.41) is 11.0. The third kappa shape index (κ3) is 7.10. The van der Waals surface area contributed by atoms with Crippen LogP contribution in [0.4, 0.5) is 4.79 Å². The van der Waals surface area contributed by atoms with E-state index in [1.807, 2.05) is 0 Å². The van der Waals surface area contributed by atoms with Crippen LogP contribution in [0.25, 0.3) is 0 Å². The SMILES string of the molecule is CC(=O)c1ccc(OC(=O)NCCCCCC(=O)O)cc1. The van der Waals surface area contributed by atoms with Gasteiger partial charge in [0.2, 0.25) is 0 Å². The van der Waals surface area contributed by atoms with Gasteiger partial charge in [0, 0.05) is 18.5 Å². The smallest absolute Gasteiger partial charge is 0.412 e. The monoisotopic (exact) mass is 293 g/mol. The van der Waals surface area contributed by atoms with Crippen molar-refractivity contribution in [2.24, 2.45) is 0 Å². The van der Waals surface area contributed by atoms with Crippen LogP contribution in [-0.4, -0.2) is 29.5 Å². The fourth-order valence-electron chi connectivity index (χ4n) is 1.67. The second-order valence-electron chi connectivity index (χ2n) is 4.60. The second kappa shape index (κ2) is 8.73. The number of carboxylic acid groups (broad SMARTS) is 1. The van der Waals surface area contributed by atoms with Crippen molar-refractivity contribution in [2.75, 3.05) is 6.54 Å². The van der Waals surface area contributed by atoms with Crippen molar-refractivity contribution in [3.8, 4) is 5.75 Å². The van der Waals surface area contributed by atoms with Crippen molar-refractivity contribution in [2.45, 2.75) is 32.6 Å². The first-order chi connectivity index (χ1) is 9.99. The lowest BCUT2D eigenvalue weighted by Crippen LogP contribution is -2.27. The molecule has 6 nitrogen and oxygen atoms in total. The molecule has 1 amide bonds. The number of carbonyl (C=O) groups is 3. The number of amides is 1. The van der Waals surface area contributed by atoms with Gasteiger partial charge < -0.3 is 15.2 Å². The summed E-state index contributed by atoms with van der Waals surface area (Å²) in [6.07, 6.45) is 1.61. The van der Waals surface area contributed by atoms with E-state index in [2.05, 4.69) is 5.32 Å². The van der Waals surface area contributed by atoms with E-state index in [4.69, 9.17) is 9.84 Å². The molecule has 21 heavy (non-hydrogen) atoms. The highest BCUT2D eigenvalue weighted by atomic mass is 16.6. The number of nitrogens with one attached hydrogen (secondary N) is 1. The molecule has 2 N–H and O–H groups in total. The maximum atomic E-state index is 11.5. The maximum absolute atomic E-state index is 11.5. The molecule has 0 heterocycles. The van der Waals surface area contributed by atoms with Crippen LogP contribution >= 0.6 is 0 Å². The maximum Gasteiger partial charge on any atom is 0.412 e. The van der Waals surface area contributed by atoms with Gasteiger partial charge in [-0.2, -0.15) is 0 Å². The Morgan fingerprint density at radius 1 is 1.10 bits per heavy atom. The van der Waals surface area contributed by atoms with E-state index in [1.165, 1.54) is 6.92 Å². The zero-order valence-corrected chi connectivity index (χ0v) is 11.9. The molecule has 0 radical (unpaired) electrons. The van der Waals surface area contributed by atoms with Crippen LogP contribution in [0.3, 0.4) is 0 Å².